The molecule has 0 aliphatic rings. The van der Waals surface area contributed by atoms with Crippen molar-refractivity contribution in [2.75, 3.05) is 0 Å². The Kier molecular flexibility index (Phi) is 4.23. The van der Waals surface area contributed by atoms with E-state index in [4.69, 9.17) is 11.6 Å². The maximum absolute atomic E-state index is 13.7. The van der Waals surface area contributed by atoms with Crippen LogP contribution in [0.4, 0.5) is 4.39 Å². The number of hydrogen-bond acceptors (Lipinski definition) is 0. The van der Waals surface area contributed by atoms with Gasteiger partial charge in [0.2, 0.25) is 0 Å². The lowest BCUT2D eigenvalue weighted by Crippen LogP contribution is -1.83. The predicted molar refractivity (Wildman–Crippen MR) is 89.3 cm³/mol. The molecule has 0 heterocycles. The Hall–Kier alpha value is -2.56. The van der Waals surface area contributed by atoms with Crippen molar-refractivity contribution in [3.63, 3.8) is 0 Å². The molecule has 106 valence electrons. The van der Waals surface area contributed by atoms with Gasteiger partial charge in [0.1, 0.15) is 5.82 Å². The van der Waals surface area contributed by atoms with Crippen LogP contribution in [0.1, 0.15) is 11.1 Å². The first-order valence-corrected chi connectivity index (χ1v) is 7.23. The minimum absolute atomic E-state index is 0.344. The number of benzene rings is 3. The standard InChI is InChI=1S/C20H12ClF/c21-19-13-12-18(20(22)14-19)11-8-15-6-9-17(10-7-15)16-4-2-1-3-5-16/h1-7,9-10,12-14H. The molecule has 0 nitrogen and oxygen atoms in total. The van der Waals surface area contributed by atoms with Crippen LogP contribution in [0.15, 0.2) is 72.8 Å². The van der Waals surface area contributed by atoms with E-state index in [-0.39, 0.29) is 0 Å². The molecular weight excluding hydrogens is 295 g/mol. The molecule has 22 heavy (non-hydrogen) atoms. The van der Waals surface area contributed by atoms with Gasteiger partial charge in [-0.1, -0.05) is 65.9 Å². The molecule has 2 heteroatoms. The van der Waals surface area contributed by atoms with Crippen LogP contribution in [-0.2, 0) is 0 Å². The molecule has 3 aromatic rings. The van der Waals surface area contributed by atoms with Gasteiger partial charge in [-0.3, -0.25) is 0 Å². The van der Waals surface area contributed by atoms with E-state index < -0.39 is 5.82 Å². The lowest BCUT2D eigenvalue weighted by atomic mass is 10.0. The lowest BCUT2D eigenvalue weighted by Gasteiger charge is -2.01. The largest absolute Gasteiger partial charge is 0.206 e. The van der Waals surface area contributed by atoms with Gasteiger partial charge in [0.25, 0.3) is 0 Å². The number of hydrogen-bond donors (Lipinski definition) is 0. The van der Waals surface area contributed by atoms with E-state index in [1.54, 1.807) is 12.1 Å². The van der Waals surface area contributed by atoms with Crippen LogP contribution in [0.25, 0.3) is 11.1 Å². The summed E-state index contributed by atoms with van der Waals surface area (Å²) in [6.45, 7) is 0. The minimum Gasteiger partial charge on any atom is -0.206 e. The monoisotopic (exact) mass is 306 g/mol. The van der Waals surface area contributed by atoms with Crippen molar-refractivity contribution in [3.05, 3.63) is 94.8 Å². The highest BCUT2D eigenvalue weighted by Gasteiger charge is 1.99. The first-order valence-electron chi connectivity index (χ1n) is 6.85. The fourth-order valence-corrected chi connectivity index (χ4v) is 2.27. The van der Waals surface area contributed by atoms with Gasteiger partial charge in [-0.15, -0.1) is 0 Å². The second-order valence-electron chi connectivity index (χ2n) is 4.82. The fraction of sp³-hybridized carbons (Fsp3) is 0. The van der Waals surface area contributed by atoms with Crippen LogP contribution in [0.2, 0.25) is 5.02 Å². The zero-order valence-electron chi connectivity index (χ0n) is 11.7. The summed E-state index contributed by atoms with van der Waals surface area (Å²) >= 11 is 5.72. The topological polar surface area (TPSA) is 0 Å². The molecule has 3 aromatic carbocycles. The third-order valence-electron chi connectivity index (χ3n) is 3.26. The third-order valence-corrected chi connectivity index (χ3v) is 3.50. The Morgan fingerprint density at radius 2 is 1.41 bits per heavy atom. The molecule has 0 fully saturated rings. The number of rotatable bonds is 1. The van der Waals surface area contributed by atoms with E-state index >= 15 is 0 Å². The second-order valence-corrected chi connectivity index (χ2v) is 5.25. The van der Waals surface area contributed by atoms with Crippen LogP contribution in [0.3, 0.4) is 0 Å². The van der Waals surface area contributed by atoms with Crippen LogP contribution >= 0.6 is 11.6 Å². The van der Waals surface area contributed by atoms with E-state index in [2.05, 4.69) is 24.0 Å². The molecule has 0 saturated heterocycles. The maximum atomic E-state index is 13.7. The van der Waals surface area contributed by atoms with Crippen LogP contribution in [-0.4, -0.2) is 0 Å². The Balaban J connectivity index is 1.84. The highest BCUT2D eigenvalue weighted by atomic mass is 35.5. The van der Waals surface area contributed by atoms with E-state index in [0.717, 1.165) is 16.7 Å². The van der Waals surface area contributed by atoms with Crippen molar-refractivity contribution >= 4 is 11.6 Å². The quantitative estimate of drug-likeness (QED) is 0.517. The molecule has 0 N–H and O–H groups in total. The molecular formula is C20H12ClF. The maximum Gasteiger partial charge on any atom is 0.140 e. The highest BCUT2D eigenvalue weighted by Crippen LogP contribution is 2.19. The zero-order valence-corrected chi connectivity index (χ0v) is 12.4. The average molecular weight is 307 g/mol. The summed E-state index contributed by atoms with van der Waals surface area (Å²) in [5.41, 5.74) is 3.47. The Labute approximate surface area is 134 Å². The molecule has 0 radical (unpaired) electrons. The van der Waals surface area contributed by atoms with E-state index in [1.807, 2.05) is 42.5 Å². The van der Waals surface area contributed by atoms with Gasteiger partial charge in [0.15, 0.2) is 0 Å². The van der Waals surface area contributed by atoms with Gasteiger partial charge in [-0.05, 0) is 41.5 Å². The molecule has 0 aromatic heterocycles. The summed E-state index contributed by atoms with van der Waals surface area (Å²) in [5, 5.41) is 0.371. The predicted octanol–water partition coefficient (Wildman–Crippen LogP) is 5.55. The smallest absolute Gasteiger partial charge is 0.140 e. The minimum atomic E-state index is -0.402. The normalized spacial score (nSPS) is 9.91. The average Bonchev–Trinajstić information content (AvgIpc) is 2.55. The van der Waals surface area contributed by atoms with Crippen molar-refractivity contribution in [2.45, 2.75) is 0 Å². The first kappa shape index (κ1) is 14.4. The second kappa shape index (κ2) is 6.47. The SMILES string of the molecule is Fc1cc(Cl)ccc1C#Cc1ccc(-c2ccccc2)cc1. The molecule has 0 spiro atoms. The van der Waals surface area contributed by atoms with Crippen molar-refractivity contribution in [3.8, 4) is 23.0 Å². The first-order chi connectivity index (χ1) is 10.7. The molecule has 3 rings (SSSR count). The summed E-state index contributed by atoms with van der Waals surface area (Å²) in [7, 11) is 0. The Morgan fingerprint density at radius 1 is 0.727 bits per heavy atom. The Bertz CT molecular complexity index is 840. The van der Waals surface area contributed by atoms with Crippen molar-refractivity contribution in [2.24, 2.45) is 0 Å². The van der Waals surface area contributed by atoms with E-state index in [1.165, 1.54) is 6.07 Å². The van der Waals surface area contributed by atoms with E-state index in [0.29, 0.717) is 10.6 Å². The van der Waals surface area contributed by atoms with Gasteiger partial charge >= 0.3 is 0 Å². The van der Waals surface area contributed by atoms with Gasteiger partial charge in [-0.2, -0.15) is 0 Å². The molecule has 0 atom stereocenters. The van der Waals surface area contributed by atoms with Crippen LogP contribution in [0.5, 0.6) is 0 Å². The van der Waals surface area contributed by atoms with Gasteiger partial charge in [-0.25, -0.2) is 4.39 Å². The van der Waals surface area contributed by atoms with Crippen molar-refractivity contribution < 1.29 is 4.39 Å². The lowest BCUT2D eigenvalue weighted by molar-refractivity contribution is 0.624. The summed E-state index contributed by atoms with van der Waals surface area (Å²) in [4.78, 5) is 0. The molecule has 0 aliphatic carbocycles. The fourth-order valence-electron chi connectivity index (χ4n) is 2.11. The van der Waals surface area contributed by atoms with Gasteiger partial charge < -0.3 is 0 Å². The van der Waals surface area contributed by atoms with Crippen LogP contribution in [0, 0.1) is 17.7 Å². The zero-order chi connectivity index (χ0) is 15.4. The Morgan fingerprint density at radius 3 is 2.09 bits per heavy atom. The summed E-state index contributed by atoms with van der Waals surface area (Å²) in [5.74, 6) is 5.40. The van der Waals surface area contributed by atoms with E-state index in [9.17, 15) is 4.39 Å². The number of halogens is 2. The summed E-state index contributed by atoms with van der Waals surface area (Å²) in [6, 6.07) is 22.5. The summed E-state index contributed by atoms with van der Waals surface area (Å²) < 4.78 is 13.7. The highest BCUT2D eigenvalue weighted by molar-refractivity contribution is 6.30. The van der Waals surface area contributed by atoms with Crippen LogP contribution < -0.4 is 0 Å². The molecule has 0 aliphatic heterocycles. The molecule has 0 bridgehead atoms. The summed E-state index contributed by atoms with van der Waals surface area (Å²) in [6.07, 6.45) is 0. The molecule has 0 unspecified atom stereocenters. The van der Waals surface area contributed by atoms with Crippen molar-refractivity contribution in [1.82, 2.24) is 0 Å². The van der Waals surface area contributed by atoms with Crippen molar-refractivity contribution in [1.29, 1.82) is 0 Å². The van der Waals surface area contributed by atoms with Gasteiger partial charge in [0, 0.05) is 10.6 Å². The molecule has 0 saturated carbocycles. The third kappa shape index (κ3) is 3.36. The van der Waals surface area contributed by atoms with Gasteiger partial charge in [0.05, 0.1) is 5.56 Å². The molecule has 0 amide bonds.